The molecule has 110 valence electrons. The maximum Gasteiger partial charge on any atom is 0.00755 e. The lowest BCUT2D eigenvalue weighted by Crippen LogP contribution is -2.31. The van der Waals surface area contributed by atoms with Gasteiger partial charge in [-0.15, -0.1) is 0 Å². The first-order valence-corrected chi connectivity index (χ1v) is 8.34. The van der Waals surface area contributed by atoms with Gasteiger partial charge in [-0.3, -0.25) is 0 Å². The molecule has 2 aliphatic rings. The van der Waals surface area contributed by atoms with E-state index in [-0.39, 0.29) is 5.41 Å². The Kier molecular flexibility index (Phi) is 4.42. The number of rotatable bonds is 5. The zero-order valence-electron chi connectivity index (χ0n) is 12.6. The number of nitrogens with two attached hydrogens (primary N) is 1. The van der Waals surface area contributed by atoms with Crippen LogP contribution in [0.1, 0.15) is 49.7 Å². The van der Waals surface area contributed by atoms with Crippen LogP contribution < -0.4 is 5.73 Å². The van der Waals surface area contributed by atoms with Crippen LogP contribution in [0, 0.1) is 0 Å². The monoisotopic (exact) mass is 272 g/mol. The highest BCUT2D eigenvalue weighted by molar-refractivity contribution is 5.31. The molecule has 0 unspecified atom stereocenters. The van der Waals surface area contributed by atoms with E-state index in [1.807, 2.05) is 0 Å². The summed E-state index contributed by atoms with van der Waals surface area (Å²) in [7, 11) is 0. The van der Waals surface area contributed by atoms with Crippen molar-refractivity contribution < 1.29 is 0 Å². The topological polar surface area (TPSA) is 29.3 Å². The van der Waals surface area contributed by atoms with E-state index in [1.54, 1.807) is 0 Å². The normalized spacial score (nSPS) is 22.4. The summed E-state index contributed by atoms with van der Waals surface area (Å²) in [5.41, 5.74) is 9.31. The lowest BCUT2D eigenvalue weighted by molar-refractivity contribution is 0.343. The zero-order valence-corrected chi connectivity index (χ0v) is 12.6. The van der Waals surface area contributed by atoms with Crippen molar-refractivity contribution in [2.24, 2.45) is 5.73 Å². The van der Waals surface area contributed by atoms with E-state index in [0.717, 1.165) is 6.54 Å². The highest BCUT2D eigenvalue weighted by atomic mass is 15.1. The van der Waals surface area contributed by atoms with Crippen molar-refractivity contribution in [3.63, 3.8) is 0 Å². The van der Waals surface area contributed by atoms with Crippen LogP contribution in [0.15, 0.2) is 24.3 Å². The molecule has 0 aromatic heterocycles. The average molecular weight is 272 g/mol. The summed E-state index contributed by atoms with van der Waals surface area (Å²) in [4.78, 5) is 2.59. The van der Waals surface area contributed by atoms with E-state index in [1.165, 1.54) is 75.7 Å². The largest absolute Gasteiger partial charge is 0.330 e. The third-order valence-electron chi connectivity index (χ3n) is 5.43. The standard InChI is InChI=1S/C18H28N2/c19-15-18(10-1-2-11-18)17-7-5-16(6-8-17)9-14-20-12-3-4-13-20/h5-8H,1-4,9-15,19H2. The fourth-order valence-corrected chi connectivity index (χ4v) is 3.98. The van der Waals surface area contributed by atoms with Crippen molar-refractivity contribution in [2.45, 2.75) is 50.4 Å². The number of likely N-dealkylation sites (tertiary alicyclic amines) is 1. The van der Waals surface area contributed by atoms with Gasteiger partial charge in [-0.25, -0.2) is 0 Å². The fraction of sp³-hybridized carbons (Fsp3) is 0.667. The van der Waals surface area contributed by atoms with Crippen LogP contribution in [0.25, 0.3) is 0 Å². The predicted molar refractivity (Wildman–Crippen MR) is 85.0 cm³/mol. The quantitative estimate of drug-likeness (QED) is 0.892. The Labute approximate surface area is 123 Å². The summed E-state index contributed by atoms with van der Waals surface area (Å²) in [5.74, 6) is 0. The van der Waals surface area contributed by atoms with E-state index >= 15 is 0 Å². The number of hydrogen-bond donors (Lipinski definition) is 1. The van der Waals surface area contributed by atoms with Gasteiger partial charge in [-0.05, 0) is 56.3 Å². The molecule has 0 atom stereocenters. The lowest BCUT2D eigenvalue weighted by Gasteiger charge is -2.28. The minimum atomic E-state index is 0.285. The second kappa shape index (κ2) is 6.28. The average Bonchev–Trinajstić information content (AvgIpc) is 3.18. The van der Waals surface area contributed by atoms with Crippen LogP contribution in [-0.2, 0) is 11.8 Å². The molecular formula is C18H28N2. The van der Waals surface area contributed by atoms with Crippen LogP contribution in [0.3, 0.4) is 0 Å². The summed E-state index contributed by atoms with van der Waals surface area (Å²) in [6.45, 7) is 4.63. The molecule has 1 heterocycles. The molecule has 0 amide bonds. The Morgan fingerprint density at radius 2 is 1.60 bits per heavy atom. The number of benzene rings is 1. The van der Waals surface area contributed by atoms with Crippen molar-refractivity contribution in [1.29, 1.82) is 0 Å². The molecule has 1 aliphatic carbocycles. The molecular weight excluding hydrogens is 244 g/mol. The highest BCUT2D eigenvalue weighted by Crippen LogP contribution is 2.40. The van der Waals surface area contributed by atoms with E-state index in [9.17, 15) is 0 Å². The van der Waals surface area contributed by atoms with Crippen LogP contribution in [0.5, 0.6) is 0 Å². The van der Waals surface area contributed by atoms with E-state index in [4.69, 9.17) is 5.73 Å². The molecule has 1 aromatic carbocycles. The third kappa shape index (κ3) is 2.91. The fourth-order valence-electron chi connectivity index (χ4n) is 3.98. The SMILES string of the molecule is NCC1(c2ccc(CCN3CCCC3)cc2)CCCC1. The molecule has 2 nitrogen and oxygen atoms in total. The minimum Gasteiger partial charge on any atom is -0.330 e. The van der Waals surface area contributed by atoms with Crippen LogP contribution in [-0.4, -0.2) is 31.1 Å². The van der Waals surface area contributed by atoms with Gasteiger partial charge < -0.3 is 10.6 Å². The molecule has 1 saturated carbocycles. The summed E-state index contributed by atoms with van der Waals surface area (Å²) in [5, 5.41) is 0. The van der Waals surface area contributed by atoms with Crippen LogP contribution in [0.2, 0.25) is 0 Å². The van der Waals surface area contributed by atoms with Gasteiger partial charge in [-0.1, -0.05) is 37.1 Å². The third-order valence-corrected chi connectivity index (χ3v) is 5.43. The van der Waals surface area contributed by atoms with Crippen molar-refractivity contribution in [2.75, 3.05) is 26.2 Å². The Morgan fingerprint density at radius 1 is 0.950 bits per heavy atom. The number of hydrogen-bond acceptors (Lipinski definition) is 2. The van der Waals surface area contributed by atoms with Gasteiger partial charge in [0.05, 0.1) is 0 Å². The first-order chi connectivity index (χ1) is 9.82. The second-order valence-electron chi connectivity index (χ2n) is 6.69. The van der Waals surface area contributed by atoms with Crippen molar-refractivity contribution in [3.8, 4) is 0 Å². The molecule has 2 fully saturated rings. The second-order valence-corrected chi connectivity index (χ2v) is 6.69. The molecule has 0 radical (unpaired) electrons. The summed E-state index contributed by atoms with van der Waals surface area (Å²) in [6.07, 6.45) is 9.20. The molecule has 0 bridgehead atoms. The molecule has 2 heteroatoms. The lowest BCUT2D eigenvalue weighted by atomic mass is 9.79. The van der Waals surface area contributed by atoms with E-state index in [2.05, 4.69) is 29.2 Å². The minimum absolute atomic E-state index is 0.285. The first kappa shape index (κ1) is 14.1. The molecule has 1 aliphatic heterocycles. The summed E-state index contributed by atoms with van der Waals surface area (Å²) >= 11 is 0. The van der Waals surface area contributed by atoms with Crippen LogP contribution >= 0.6 is 0 Å². The molecule has 3 rings (SSSR count). The Bertz CT molecular complexity index is 412. The zero-order chi connectivity index (χ0) is 13.8. The van der Waals surface area contributed by atoms with Crippen LogP contribution in [0.4, 0.5) is 0 Å². The maximum absolute atomic E-state index is 6.07. The Balaban J connectivity index is 1.61. The van der Waals surface area contributed by atoms with E-state index < -0.39 is 0 Å². The van der Waals surface area contributed by atoms with Gasteiger partial charge in [0.1, 0.15) is 0 Å². The van der Waals surface area contributed by atoms with Crippen molar-refractivity contribution in [3.05, 3.63) is 35.4 Å². The van der Waals surface area contributed by atoms with Crippen molar-refractivity contribution >= 4 is 0 Å². The Hall–Kier alpha value is -0.860. The summed E-state index contributed by atoms with van der Waals surface area (Å²) < 4.78 is 0. The van der Waals surface area contributed by atoms with Gasteiger partial charge in [-0.2, -0.15) is 0 Å². The molecule has 1 saturated heterocycles. The first-order valence-electron chi connectivity index (χ1n) is 8.34. The molecule has 1 aromatic rings. The maximum atomic E-state index is 6.07. The number of nitrogens with zero attached hydrogens (tertiary/aromatic N) is 1. The van der Waals surface area contributed by atoms with E-state index in [0.29, 0.717) is 0 Å². The molecule has 2 N–H and O–H groups in total. The summed E-state index contributed by atoms with van der Waals surface area (Å²) in [6, 6.07) is 9.36. The molecule has 20 heavy (non-hydrogen) atoms. The highest BCUT2D eigenvalue weighted by Gasteiger charge is 2.33. The smallest absolute Gasteiger partial charge is 0.00755 e. The van der Waals surface area contributed by atoms with Gasteiger partial charge in [0.25, 0.3) is 0 Å². The van der Waals surface area contributed by atoms with Gasteiger partial charge in [0, 0.05) is 18.5 Å². The van der Waals surface area contributed by atoms with Crippen molar-refractivity contribution in [1.82, 2.24) is 4.90 Å². The van der Waals surface area contributed by atoms with Gasteiger partial charge in [0.2, 0.25) is 0 Å². The predicted octanol–water partition coefficient (Wildman–Crippen LogP) is 3.10. The van der Waals surface area contributed by atoms with Gasteiger partial charge >= 0.3 is 0 Å². The van der Waals surface area contributed by atoms with Gasteiger partial charge in [0.15, 0.2) is 0 Å². The Morgan fingerprint density at radius 3 is 2.20 bits per heavy atom. The molecule has 0 spiro atoms.